The average Bonchev–Trinajstić information content (AvgIpc) is 3.28. The van der Waals surface area contributed by atoms with Crippen LogP contribution in [-0.4, -0.2) is 16.5 Å². The van der Waals surface area contributed by atoms with Gasteiger partial charge in [0.1, 0.15) is 11.5 Å². The summed E-state index contributed by atoms with van der Waals surface area (Å²) in [5, 5.41) is 0.880. The average molecular weight is 478 g/mol. The first-order valence-corrected chi connectivity index (χ1v) is 11.6. The maximum absolute atomic E-state index is 13.0. The predicted octanol–water partition coefficient (Wildman–Crippen LogP) is 7.38. The molecule has 1 aliphatic rings. The van der Waals surface area contributed by atoms with Crippen molar-refractivity contribution < 1.29 is 9.21 Å². The molecule has 1 saturated heterocycles. The SMILES string of the molecule is CSc1cccc(N2C(=O)/C(=C\c3ccc(-c4cccc(Cl)c4Cl)o3)SC2=S)c1. The minimum Gasteiger partial charge on any atom is -0.457 e. The number of halogens is 2. The zero-order chi connectivity index (χ0) is 20.5. The number of hydrogen-bond donors (Lipinski definition) is 0. The first-order chi connectivity index (χ1) is 14.0. The van der Waals surface area contributed by atoms with Crippen molar-refractivity contribution in [3.05, 3.63) is 75.3 Å². The van der Waals surface area contributed by atoms with E-state index in [1.807, 2.05) is 36.6 Å². The second-order valence-corrected chi connectivity index (χ2v) is 9.36. The van der Waals surface area contributed by atoms with E-state index in [1.165, 1.54) is 11.8 Å². The van der Waals surface area contributed by atoms with E-state index in [1.54, 1.807) is 47.0 Å². The van der Waals surface area contributed by atoms with Gasteiger partial charge in [0.25, 0.3) is 5.91 Å². The predicted molar refractivity (Wildman–Crippen MR) is 128 cm³/mol. The van der Waals surface area contributed by atoms with Crippen molar-refractivity contribution in [2.75, 3.05) is 11.2 Å². The summed E-state index contributed by atoms with van der Waals surface area (Å²) in [6, 6.07) is 16.7. The molecule has 29 heavy (non-hydrogen) atoms. The highest BCUT2D eigenvalue weighted by Gasteiger charge is 2.33. The molecule has 3 nitrogen and oxygen atoms in total. The molecule has 0 N–H and O–H groups in total. The Morgan fingerprint density at radius 2 is 1.93 bits per heavy atom. The highest BCUT2D eigenvalue weighted by atomic mass is 35.5. The van der Waals surface area contributed by atoms with Gasteiger partial charge in [-0.1, -0.05) is 59.3 Å². The molecule has 2 aromatic carbocycles. The third-order valence-corrected chi connectivity index (χ3v) is 7.07. The molecule has 8 heteroatoms. The fourth-order valence-electron chi connectivity index (χ4n) is 2.84. The Morgan fingerprint density at radius 3 is 2.72 bits per heavy atom. The Bertz CT molecular complexity index is 1160. The van der Waals surface area contributed by atoms with Gasteiger partial charge in [-0.25, -0.2) is 0 Å². The zero-order valence-corrected chi connectivity index (χ0v) is 19.0. The summed E-state index contributed by atoms with van der Waals surface area (Å²) in [6.07, 6.45) is 3.68. The van der Waals surface area contributed by atoms with Gasteiger partial charge < -0.3 is 4.42 Å². The van der Waals surface area contributed by atoms with Gasteiger partial charge in [0.2, 0.25) is 0 Å². The summed E-state index contributed by atoms with van der Waals surface area (Å²) in [7, 11) is 0. The molecule has 146 valence electrons. The molecule has 0 radical (unpaired) electrons. The van der Waals surface area contributed by atoms with Gasteiger partial charge in [-0.2, -0.15) is 0 Å². The normalized spacial score (nSPS) is 15.6. The highest BCUT2D eigenvalue weighted by Crippen LogP contribution is 2.38. The van der Waals surface area contributed by atoms with E-state index in [0.29, 0.717) is 36.4 Å². The topological polar surface area (TPSA) is 33.5 Å². The van der Waals surface area contributed by atoms with Crippen molar-refractivity contribution in [2.45, 2.75) is 4.90 Å². The molecule has 4 rings (SSSR count). The van der Waals surface area contributed by atoms with Crippen LogP contribution in [0.2, 0.25) is 10.0 Å². The van der Waals surface area contributed by atoms with Gasteiger partial charge in [-0.15, -0.1) is 11.8 Å². The third kappa shape index (κ3) is 4.13. The number of thioether (sulfide) groups is 2. The lowest BCUT2D eigenvalue weighted by Crippen LogP contribution is -2.27. The fraction of sp³-hybridized carbons (Fsp3) is 0.0476. The largest absolute Gasteiger partial charge is 0.457 e. The monoisotopic (exact) mass is 477 g/mol. The van der Waals surface area contributed by atoms with E-state index in [0.717, 1.165) is 10.6 Å². The van der Waals surface area contributed by atoms with E-state index in [9.17, 15) is 4.79 Å². The van der Waals surface area contributed by atoms with Crippen LogP contribution >= 0.6 is 58.9 Å². The minimum atomic E-state index is -0.169. The lowest BCUT2D eigenvalue weighted by molar-refractivity contribution is -0.113. The number of furan rings is 1. The van der Waals surface area contributed by atoms with Gasteiger partial charge in [0, 0.05) is 16.5 Å². The molecule has 1 aliphatic heterocycles. The number of rotatable bonds is 4. The number of carbonyl (C=O) groups excluding carboxylic acids is 1. The van der Waals surface area contributed by atoms with Crippen LogP contribution in [0.3, 0.4) is 0 Å². The lowest BCUT2D eigenvalue weighted by Gasteiger charge is -2.15. The molecule has 0 bridgehead atoms. The molecule has 0 spiro atoms. The summed E-state index contributed by atoms with van der Waals surface area (Å²) in [4.78, 5) is 16.1. The van der Waals surface area contributed by atoms with E-state index in [2.05, 4.69) is 0 Å². The molecule has 0 atom stereocenters. The highest BCUT2D eigenvalue weighted by molar-refractivity contribution is 8.27. The molecule has 1 amide bonds. The van der Waals surface area contributed by atoms with Crippen LogP contribution < -0.4 is 4.90 Å². The van der Waals surface area contributed by atoms with Gasteiger partial charge in [0.15, 0.2) is 4.32 Å². The summed E-state index contributed by atoms with van der Waals surface area (Å²) >= 11 is 20.7. The smallest absolute Gasteiger partial charge is 0.270 e. The van der Waals surface area contributed by atoms with Crippen molar-refractivity contribution >= 4 is 80.9 Å². The molecule has 3 aromatic rings. The first-order valence-electron chi connectivity index (χ1n) is 8.44. The maximum Gasteiger partial charge on any atom is 0.270 e. The van der Waals surface area contributed by atoms with Crippen molar-refractivity contribution in [3.63, 3.8) is 0 Å². The third-order valence-electron chi connectivity index (χ3n) is 4.22. The van der Waals surface area contributed by atoms with Crippen LogP contribution in [0.15, 0.2) is 68.8 Å². The minimum absolute atomic E-state index is 0.169. The summed E-state index contributed by atoms with van der Waals surface area (Å²) in [5.41, 5.74) is 1.45. The molecule has 0 saturated carbocycles. The number of hydrogen-bond acceptors (Lipinski definition) is 5. The lowest BCUT2D eigenvalue weighted by atomic mass is 10.2. The number of thiocarbonyl (C=S) groups is 1. The number of nitrogens with zero attached hydrogens (tertiary/aromatic N) is 1. The molecule has 1 fully saturated rings. The summed E-state index contributed by atoms with van der Waals surface area (Å²) in [5.74, 6) is 0.943. The molecule has 0 unspecified atom stereocenters. The Hall–Kier alpha value is -1.70. The molecule has 0 aliphatic carbocycles. The van der Waals surface area contributed by atoms with Crippen LogP contribution in [0, 0.1) is 0 Å². The maximum atomic E-state index is 13.0. The Morgan fingerprint density at radius 1 is 1.14 bits per heavy atom. The summed E-state index contributed by atoms with van der Waals surface area (Å²) < 4.78 is 6.37. The number of amides is 1. The van der Waals surface area contributed by atoms with Crippen molar-refractivity contribution in [1.82, 2.24) is 0 Å². The Labute approximate surface area is 192 Å². The molecular weight excluding hydrogens is 465 g/mol. The van der Waals surface area contributed by atoms with Crippen molar-refractivity contribution in [1.29, 1.82) is 0 Å². The Balaban J connectivity index is 1.63. The first kappa shape index (κ1) is 20.6. The quantitative estimate of drug-likeness (QED) is 0.222. The fourth-order valence-corrected chi connectivity index (χ4v) is 4.96. The standard InChI is InChI=1S/C21H13Cl2NO2S3/c1-28-14-5-2-4-12(10-14)24-20(25)18(29-21(24)27)11-13-8-9-17(26-13)15-6-3-7-16(22)19(15)23/h2-11H,1H3/b18-11+. The molecule has 2 heterocycles. The second kappa shape index (κ2) is 8.58. The number of carbonyl (C=O) groups is 1. The van der Waals surface area contributed by atoms with Crippen LogP contribution in [0.1, 0.15) is 5.76 Å². The molecular formula is C21H13Cl2NO2S3. The molecule has 1 aromatic heterocycles. The Kier molecular flexibility index (Phi) is 6.08. The van der Waals surface area contributed by atoms with Gasteiger partial charge >= 0.3 is 0 Å². The van der Waals surface area contributed by atoms with Crippen LogP contribution in [0.25, 0.3) is 17.4 Å². The zero-order valence-electron chi connectivity index (χ0n) is 15.0. The van der Waals surface area contributed by atoms with Crippen LogP contribution in [-0.2, 0) is 4.79 Å². The number of anilines is 1. The van der Waals surface area contributed by atoms with Gasteiger partial charge in [-0.3, -0.25) is 9.69 Å². The van der Waals surface area contributed by atoms with Gasteiger partial charge in [-0.05, 0) is 48.7 Å². The van der Waals surface area contributed by atoms with Crippen molar-refractivity contribution in [2.24, 2.45) is 0 Å². The van der Waals surface area contributed by atoms with E-state index in [4.69, 9.17) is 39.8 Å². The second-order valence-electron chi connectivity index (χ2n) is 6.02. The van der Waals surface area contributed by atoms with Crippen LogP contribution in [0.5, 0.6) is 0 Å². The van der Waals surface area contributed by atoms with E-state index in [-0.39, 0.29) is 5.91 Å². The summed E-state index contributed by atoms with van der Waals surface area (Å²) in [6.45, 7) is 0. The van der Waals surface area contributed by atoms with Crippen LogP contribution in [0.4, 0.5) is 5.69 Å². The number of benzene rings is 2. The van der Waals surface area contributed by atoms with E-state index >= 15 is 0 Å². The van der Waals surface area contributed by atoms with E-state index < -0.39 is 0 Å². The van der Waals surface area contributed by atoms with Gasteiger partial charge in [0.05, 0.1) is 20.6 Å². The van der Waals surface area contributed by atoms with Crippen molar-refractivity contribution in [3.8, 4) is 11.3 Å².